The summed E-state index contributed by atoms with van der Waals surface area (Å²) in [4.78, 5) is 24.1. The predicted molar refractivity (Wildman–Crippen MR) is 86.3 cm³/mol. The van der Waals surface area contributed by atoms with E-state index in [1.165, 1.54) is 6.07 Å². The second-order valence-electron chi connectivity index (χ2n) is 4.81. The van der Waals surface area contributed by atoms with E-state index in [0.29, 0.717) is 21.2 Å². The van der Waals surface area contributed by atoms with Crippen LogP contribution in [0.15, 0.2) is 62.2 Å². The fourth-order valence-electron chi connectivity index (χ4n) is 2.05. The predicted octanol–water partition coefficient (Wildman–Crippen LogP) is 4.08. The maximum Gasteiger partial charge on any atom is 0.351 e. The molecule has 0 unspecified atom stereocenters. The highest BCUT2D eigenvalue weighted by atomic mass is 79.9. The number of benzene rings is 2. The molecule has 4 nitrogen and oxygen atoms in total. The second kappa shape index (κ2) is 5.77. The van der Waals surface area contributed by atoms with Crippen molar-refractivity contribution in [1.82, 2.24) is 0 Å². The van der Waals surface area contributed by atoms with Gasteiger partial charge >= 0.3 is 11.6 Å². The van der Waals surface area contributed by atoms with Gasteiger partial charge in [-0.15, -0.1) is 0 Å². The van der Waals surface area contributed by atoms with Crippen LogP contribution >= 0.6 is 15.9 Å². The third-order valence-corrected chi connectivity index (χ3v) is 3.77. The lowest BCUT2D eigenvalue weighted by atomic mass is 10.2. The molecule has 0 saturated carbocycles. The minimum Gasteiger partial charge on any atom is -0.422 e. The van der Waals surface area contributed by atoms with Crippen LogP contribution < -0.4 is 10.4 Å². The molecular formula is C17H11BrO4. The zero-order chi connectivity index (χ0) is 15.7. The van der Waals surface area contributed by atoms with Gasteiger partial charge in [-0.2, -0.15) is 0 Å². The monoisotopic (exact) mass is 358 g/mol. The number of fused-ring (bicyclic) bond motifs is 1. The number of hydrogen-bond donors (Lipinski definition) is 0. The highest BCUT2D eigenvalue weighted by Crippen LogP contribution is 2.26. The molecule has 2 aromatic carbocycles. The normalized spacial score (nSPS) is 10.6. The van der Waals surface area contributed by atoms with E-state index in [1.807, 2.05) is 19.1 Å². The molecule has 0 amide bonds. The summed E-state index contributed by atoms with van der Waals surface area (Å²) < 4.78 is 11.0. The Balaban J connectivity index is 1.98. The molecule has 22 heavy (non-hydrogen) atoms. The number of halogens is 1. The highest BCUT2D eigenvalue weighted by molar-refractivity contribution is 9.10. The van der Waals surface area contributed by atoms with E-state index in [1.54, 1.807) is 30.3 Å². The molecular weight excluding hydrogens is 348 g/mol. The molecule has 0 fully saturated rings. The van der Waals surface area contributed by atoms with E-state index in [2.05, 4.69) is 15.9 Å². The molecule has 3 rings (SSSR count). The molecule has 0 atom stereocenters. The minimum absolute atomic E-state index is 0.133. The van der Waals surface area contributed by atoms with Crippen molar-refractivity contribution < 1.29 is 13.9 Å². The van der Waals surface area contributed by atoms with Crippen molar-refractivity contribution in [1.29, 1.82) is 0 Å². The number of rotatable bonds is 2. The Bertz CT molecular complexity index is 927. The van der Waals surface area contributed by atoms with E-state index >= 15 is 0 Å². The minimum atomic E-state index is -0.746. The molecule has 0 aliphatic rings. The lowest BCUT2D eigenvalue weighted by Crippen LogP contribution is -2.18. The molecule has 1 heterocycles. The Kier molecular flexibility index (Phi) is 3.81. The summed E-state index contributed by atoms with van der Waals surface area (Å²) in [6, 6.07) is 13.8. The largest absolute Gasteiger partial charge is 0.422 e. The molecule has 110 valence electrons. The van der Waals surface area contributed by atoms with Gasteiger partial charge in [-0.05, 0) is 52.7 Å². The van der Waals surface area contributed by atoms with Crippen molar-refractivity contribution >= 4 is 32.9 Å². The summed E-state index contributed by atoms with van der Waals surface area (Å²) in [5, 5.41) is 0.664. The molecule has 0 aliphatic heterocycles. The Labute approximate surface area is 134 Å². The average Bonchev–Trinajstić information content (AvgIpc) is 2.49. The quantitative estimate of drug-likeness (QED) is 0.393. The molecule has 0 spiro atoms. The van der Waals surface area contributed by atoms with Crippen LogP contribution in [0.5, 0.6) is 5.75 Å². The second-order valence-corrected chi connectivity index (χ2v) is 5.66. The SMILES string of the molecule is Cc1ccc(OC(=O)c2cc3ccccc3oc2=O)c(Br)c1. The topological polar surface area (TPSA) is 56.5 Å². The van der Waals surface area contributed by atoms with E-state index < -0.39 is 11.6 Å². The molecule has 0 bridgehead atoms. The molecule has 0 radical (unpaired) electrons. The Hall–Kier alpha value is -2.40. The van der Waals surface area contributed by atoms with Crippen LogP contribution in [0, 0.1) is 6.92 Å². The van der Waals surface area contributed by atoms with Crippen molar-refractivity contribution in [2.45, 2.75) is 6.92 Å². The van der Waals surface area contributed by atoms with E-state index in [4.69, 9.17) is 9.15 Å². The van der Waals surface area contributed by atoms with Crippen LogP contribution in [0.4, 0.5) is 0 Å². The van der Waals surface area contributed by atoms with Crippen molar-refractivity contribution in [2.24, 2.45) is 0 Å². The van der Waals surface area contributed by atoms with Crippen LogP contribution in [0.1, 0.15) is 15.9 Å². The lowest BCUT2D eigenvalue weighted by molar-refractivity contribution is 0.0729. The summed E-state index contributed by atoms with van der Waals surface area (Å²) in [6.45, 7) is 1.92. The number of ether oxygens (including phenoxy) is 1. The van der Waals surface area contributed by atoms with Gasteiger partial charge < -0.3 is 9.15 Å². The number of para-hydroxylation sites is 1. The molecule has 3 aromatic rings. The third-order valence-electron chi connectivity index (χ3n) is 3.15. The summed E-state index contributed by atoms with van der Waals surface area (Å²) >= 11 is 3.33. The van der Waals surface area contributed by atoms with Gasteiger partial charge in [-0.25, -0.2) is 9.59 Å². The van der Waals surface area contributed by atoms with E-state index in [9.17, 15) is 9.59 Å². The number of hydrogen-bond acceptors (Lipinski definition) is 4. The fraction of sp³-hybridized carbons (Fsp3) is 0.0588. The number of carbonyl (C=O) groups is 1. The molecule has 5 heteroatoms. The number of aryl methyl sites for hydroxylation is 1. The number of esters is 1. The molecule has 0 aliphatic carbocycles. The third kappa shape index (κ3) is 2.80. The van der Waals surface area contributed by atoms with E-state index in [0.717, 1.165) is 5.56 Å². The number of carbonyl (C=O) groups excluding carboxylic acids is 1. The molecule has 1 aromatic heterocycles. The first-order valence-electron chi connectivity index (χ1n) is 6.56. The van der Waals surface area contributed by atoms with Crippen LogP contribution in [0.3, 0.4) is 0 Å². The van der Waals surface area contributed by atoms with Crippen LogP contribution in [0.2, 0.25) is 0 Å². The van der Waals surface area contributed by atoms with Crippen LogP contribution in [-0.4, -0.2) is 5.97 Å². The molecule has 0 N–H and O–H groups in total. The van der Waals surface area contributed by atoms with Gasteiger partial charge in [0, 0.05) is 5.39 Å². The highest BCUT2D eigenvalue weighted by Gasteiger charge is 2.17. The van der Waals surface area contributed by atoms with Crippen LogP contribution in [0.25, 0.3) is 11.0 Å². The van der Waals surface area contributed by atoms with Gasteiger partial charge in [0.2, 0.25) is 0 Å². The molecule has 0 saturated heterocycles. The Morgan fingerprint density at radius 2 is 1.91 bits per heavy atom. The maximum atomic E-state index is 12.2. The van der Waals surface area contributed by atoms with Gasteiger partial charge in [0.05, 0.1) is 4.47 Å². The Morgan fingerprint density at radius 3 is 2.68 bits per heavy atom. The van der Waals surface area contributed by atoms with Crippen molar-refractivity contribution in [3.8, 4) is 5.75 Å². The smallest absolute Gasteiger partial charge is 0.351 e. The fourth-order valence-corrected chi connectivity index (χ4v) is 2.62. The zero-order valence-electron chi connectivity index (χ0n) is 11.6. The van der Waals surface area contributed by atoms with Crippen molar-refractivity contribution in [3.63, 3.8) is 0 Å². The first-order valence-corrected chi connectivity index (χ1v) is 7.35. The lowest BCUT2D eigenvalue weighted by Gasteiger charge is -2.07. The average molecular weight is 359 g/mol. The van der Waals surface area contributed by atoms with Gasteiger partial charge in [-0.3, -0.25) is 0 Å². The maximum absolute atomic E-state index is 12.2. The van der Waals surface area contributed by atoms with Crippen LogP contribution in [-0.2, 0) is 0 Å². The van der Waals surface area contributed by atoms with Gasteiger partial charge in [0.1, 0.15) is 16.9 Å². The first-order chi connectivity index (χ1) is 10.5. The van der Waals surface area contributed by atoms with E-state index in [-0.39, 0.29) is 5.56 Å². The van der Waals surface area contributed by atoms with Gasteiger partial charge in [-0.1, -0.05) is 24.3 Å². The summed E-state index contributed by atoms with van der Waals surface area (Å²) in [5.74, 6) is -0.396. The van der Waals surface area contributed by atoms with Crippen molar-refractivity contribution in [2.75, 3.05) is 0 Å². The van der Waals surface area contributed by atoms with Gasteiger partial charge in [0.25, 0.3) is 0 Å². The summed E-state index contributed by atoms with van der Waals surface area (Å²) in [5.41, 5.74) is 0.607. The first kappa shape index (κ1) is 14.5. The summed E-state index contributed by atoms with van der Waals surface area (Å²) in [6.07, 6.45) is 0. The van der Waals surface area contributed by atoms with Gasteiger partial charge in [0.15, 0.2) is 0 Å². The Morgan fingerprint density at radius 1 is 1.14 bits per heavy atom. The van der Waals surface area contributed by atoms with Crippen molar-refractivity contribution in [3.05, 3.63) is 74.6 Å². The standard InChI is InChI=1S/C17H11BrO4/c1-10-6-7-15(13(18)8-10)22-17(20)12-9-11-4-2-3-5-14(11)21-16(12)19/h2-9H,1H3. The summed E-state index contributed by atoms with van der Waals surface area (Å²) in [7, 11) is 0. The zero-order valence-corrected chi connectivity index (χ0v) is 13.2.